The molecule has 1 unspecified atom stereocenters. The molecule has 1 heteroatoms. The highest BCUT2D eigenvalue weighted by Gasteiger charge is 2.18. The summed E-state index contributed by atoms with van der Waals surface area (Å²) in [6, 6.07) is 0. The van der Waals surface area contributed by atoms with Crippen molar-refractivity contribution in [3.05, 3.63) is 11.6 Å². The summed E-state index contributed by atoms with van der Waals surface area (Å²) in [4.78, 5) is 0. The molecule has 0 saturated heterocycles. The molecule has 0 aromatic carbocycles. The van der Waals surface area contributed by atoms with Crippen LogP contribution in [0.25, 0.3) is 0 Å². The first-order valence-electron chi connectivity index (χ1n) is 3.63. The Balaban J connectivity index is 2.48. The second-order valence-electron chi connectivity index (χ2n) is 3.16. The predicted molar refractivity (Wildman–Crippen MR) is 40.2 cm³/mol. The van der Waals surface area contributed by atoms with Crippen molar-refractivity contribution >= 4 is 0 Å². The molecule has 1 nitrogen and oxygen atoms in total. The Morgan fingerprint density at radius 2 is 2.22 bits per heavy atom. The number of allylic oxidation sites excluding steroid dienone is 1. The molecular weight excluding hydrogens is 110 g/mol. The third-order valence-corrected chi connectivity index (χ3v) is 1.83. The van der Waals surface area contributed by atoms with Gasteiger partial charge in [-0.15, -0.1) is 0 Å². The Morgan fingerprint density at radius 3 is 2.56 bits per heavy atom. The van der Waals surface area contributed by atoms with Crippen LogP contribution >= 0.6 is 0 Å². The fourth-order valence-electron chi connectivity index (χ4n) is 0.785. The van der Waals surface area contributed by atoms with Crippen LogP contribution in [0.1, 0.15) is 33.1 Å². The summed E-state index contributed by atoms with van der Waals surface area (Å²) < 4.78 is 0. The van der Waals surface area contributed by atoms with E-state index in [0.29, 0.717) is 0 Å². The lowest BCUT2D eigenvalue weighted by Gasteiger charge is -2.16. The molecule has 1 atom stereocenters. The van der Waals surface area contributed by atoms with Gasteiger partial charge >= 0.3 is 0 Å². The smallest absolute Gasteiger partial charge is 0.0310 e. The van der Waals surface area contributed by atoms with Gasteiger partial charge in [0.1, 0.15) is 0 Å². The minimum atomic E-state index is -0.0359. The molecule has 0 amide bonds. The van der Waals surface area contributed by atoms with Crippen LogP contribution in [0, 0.1) is 0 Å². The Hall–Kier alpha value is -0.300. The molecule has 1 aliphatic carbocycles. The van der Waals surface area contributed by atoms with Gasteiger partial charge in [0.05, 0.1) is 0 Å². The fourth-order valence-corrected chi connectivity index (χ4v) is 0.785. The second-order valence-corrected chi connectivity index (χ2v) is 3.16. The number of hydrogen-bond acceptors (Lipinski definition) is 1. The summed E-state index contributed by atoms with van der Waals surface area (Å²) >= 11 is 0. The summed E-state index contributed by atoms with van der Waals surface area (Å²) in [7, 11) is 0. The number of hydrogen-bond donors (Lipinski definition) is 1. The van der Waals surface area contributed by atoms with E-state index in [4.69, 9.17) is 5.73 Å². The zero-order chi connectivity index (χ0) is 6.91. The maximum atomic E-state index is 5.88. The Kier molecular flexibility index (Phi) is 1.62. The first-order chi connectivity index (χ1) is 4.14. The molecule has 9 heavy (non-hydrogen) atoms. The van der Waals surface area contributed by atoms with Crippen LogP contribution in [0.4, 0.5) is 0 Å². The quantitative estimate of drug-likeness (QED) is 0.560. The normalized spacial score (nSPS) is 23.2. The van der Waals surface area contributed by atoms with E-state index < -0.39 is 0 Å². The zero-order valence-corrected chi connectivity index (χ0v) is 6.28. The van der Waals surface area contributed by atoms with Crippen molar-refractivity contribution in [1.29, 1.82) is 0 Å². The maximum Gasteiger partial charge on any atom is 0.0310 e. The Labute approximate surface area is 56.9 Å². The molecule has 0 aromatic rings. The van der Waals surface area contributed by atoms with Gasteiger partial charge in [0.2, 0.25) is 0 Å². The van der Waals surface area contributed by atoms with Gasteiger partial charge in [0.25, 0.3) is 0 Å². The van der Waals surface area contributed by atoms with E-state index in [1.165, 1.54) is 12.8 Å². The fraction of sp³-hybridized carbons (Fsp3) is 0.750. The molecule has 0 spiro atoms. The Bertz CT molecular complexity index is 128. The van der Waals surface area contributed by atoms with Crippen molar-refractivity contribution < 1.29 is 0 Å². The van der Waals surface area contributed by atoms with Crippen LogP contribution in [0.15, 0.2) is 11.6 Å². The molecule has 1 saturated carbocycles. The molecule has 1 aliphatic rings. The highest BCUT2D eigenvalue weighted by atomic mass is 14.7. The lowest BCUT2D eigenvalue weighted by molar-refractivity contribution is 0.562. The molecule has 0 radical (unpaired) electrons. The van der Waals surface area contributed by atoms with Crippen LogP contribution in [0.5, 0.6) is 0 Å². The summed E-state index contributed by atoms with van der Waals surface area (Å²) in [5.41, 5.74) is 7.39. The van der Waals surface area contributed by atoms with E-state index in [-0.39, 0.29) is 5.54 Å². The van der Waals surface area contributed by atoms with Crippen LogP contribution in [0.2, 0.25) is 0 Å². The van der Waals surface area contributed by atoms with Crippen LogP contribution in [0.3, 0.4) is 0 Å². The summed E-state index contributed by atoms with van der Waals surface area (Å²) in [6.45, 7) is 4.21. The molecule has 1 fully saturated rings. The predicted octanol–water partition coefficient (Wildman–Crippen LogP) is 1.83. The van der Waals surface area contributed by atoms with Gasteiger partial charge in [-0.1, -0.05) is 18.6 Å². The van der Waals surface area contributed by atoms with Crippen molar-refractivity contribution in [3.8, 4) is 0 Å². The maximum absolute atomic E-state index is 5.88. The molecular formula is C8H15N. The van der Waals surface area contributed by atoms with Gasteiger partial charge < -0.3 is 5.73 Å². The van der Waals surface area contributed by atoms with E-state index >= 15 is 0 Å². The van der Waals surface area contributed by atoms with Crippen molar-refractivity contribution in [2.45, 2.75) is 38.6 Å². The molecule has 0 aliphatic heterocycles. The average molecular weight is 125 g/mol. The first-order valence-corrected chi connectivity index (χ1v) is 3.63. The monoisotopic (exact) mass is 125 g/mol. The van der Waals surface area contributed by atoms with Crippen molar-refractivity contribution in [3.63, 3.8) is 0 Å². The molecule has 0 bridgehead atoms. The minimum Gasteiger partial charge on any atom is -0.322 e. The third-order valence-electron chi connectivity index (χ3n) is 1.83. The molecule has 0 aromatic heterocycles. The SMILES string of the molecule is CCC(C)(N)C=C1CC1. The zero-order valence-electron chi connectivity index (χ0n) is 6.28. The van der Waals surface area contributed by atoms with Gasteiger partial charge in [-0.05, 0) is 26.2 Å². The van der Waals surface area contributed by atoms with E-state index in [2.05, 4.69) is 19.9 Å². The van der Waals surface area contributed by atoms with Crippen LogP contribution in [-0.2, 0) is 0 Å². The second kappa shape index (κ2) is 2.14. The lowest BCUT2D eigenvalue weighted by atomic mass is 10.00. The van der Waals surface area contributed by atoms with Gasteiger partial charge in [0.15, 0.2) is 0 Å². The van der Waals surface area contributed by atoms with Crippen molar-refractivity contribution in [1.82, 2.24) is 0 Å². The highest BCUT2D eigenvalue weighted by molar-refractivity contribution is 5.21. The Morgan fingerprint density at radius 1 is 1.67 bits per heavy atom. The number of nitrogens with two attached hydrogens (primary N) is 1. The average Bonchev–Trinajstić information content (AvgIpc) is 2.50. The highest BCUT2D eigenvalue weighted by Crippen LogP contribution is 2.30. The summed E-state index contributed by atoms with van der Waals surface area (Å²) in [5.74, 6) is 0. The lowest BCUT2D eigenvalue weighted by Crippen LogP contribution is -2.32. The van der Waals surface area contributed by atoms with E-state index in [0.717, 1.165) is 6.42 Å². The molecule has 52 valence electrons. The van der Waals surface area contributed by atoms with E-state index in [1.807, 2.05) is 0 Å². The molecule has 2 N–H and O–H groups in total. The third kappa shape index (κ3) is 2.19. The van der Waals surface area contributed by atoms with Crippen LogP contribution in [-0.4, -0.2) is 5.54 Å². The van der Waals surface area contributed by atoms with E-state index in [9.17, 15) is 0 Å². The minimum absolute atomic E-state index is 0.0359. The molecule has 0 heterocycles. The largest absolute Gasteiger partial charge is 0.322 e. The van der Waals surface area contributed by atoms with Gasteiger partial charge in [-0.2, -0.15) is 0 Å². The summed E-state index contributed by atoms with van der Waals surface area (Å²) in [6.07, 6.45) is 5.82. The van der Waals surface area contributed by atoms with Crippen molar-refractivity contribution in [2.75, 3.05) is 0 Å². The standard InChI is InChI=1S/C8H15N/c1-3-8(2,9)6-7-4-5-7/h6H,3-5,9H2,1-2H3. The first kappa shape index (κ1) is 6.81. The topological polar surface area (TPSA) is 26.0 Å². The van der Waals surface area contributed by atoms with Gasteiger partial charge in [-0.3, -0.25) is 0 Å². The summed E-state index contributed by atoms with van der Waals surface area (Å²) in [5, 5.41) is 0. The van der Waals surface area contributed by atoms with Crippen molar-refractivity contribution in [2.24, 2.45) is 5.73 Å². The van der Waals surface area contributed by atoms with Gasteiger partial charge in [0, 0.05) is 5.54 Å². The van der Waals surface area contributed by atoms with Crippen LogP contribution < -0.4 is 5.73 Å². The van der Waals surface area contributed by atoms with E-state index in [1.54, 1.807) is 5.57 Å². The molecule has 1 rings (SSSR count). The number of rotatable bonds is 2. The van der Waals surface area contributed by atoms with Gasteiger partial charge in [-0.25, -0.2) is 0 Å².